The number of hydrogen-bond donors (Lipinski definition) is 2. The molecular weight excluding hydrogens is 312 g/mol. The molecule has 1 atom stereocenters. The summed E-state index contributed by atoms with van der Waals surface area (Å²) in [6.45, 7) is 4.49. The number of nitrogens with zero attached hydrogens (tertiary/aromatic N) is 2. The zero-order valence-corrected chi connectivity index (χ0v) is 13.0. The van der Waals surface area contributed by atoms with Crippen molar-refractivity contribution in [3.63, 3.8) is 0 Å². The van der Waals surface area contributed by atoms with E-state index in [4.69, 9.17) is 4.74 Å². The van der Waals surface area contributed by atoms with Crippen molar-refractivity contribution < 1.29 is 9.53 Å². The van der Waals surface area contributed by atoms with Crippen LogP contribution in [0.2, 0.25) is 0 Å². The summed E-state index contributed by atoms with van der Waals surface area (Å²) < 4.78 is 5.75. The van der Waals surface area contributed by atoms with E-state index in [9.17, 15) is 4.79 Å². The highest BCUT2D eigenvalue weighted by Gasteiger charge is 2.07. The molecule has 106 valence electrons. The predicted molar refractivity (Wildman–Crippen MR) is 77.3 cm³/mol. The Labute approximate surface area is 121 Å². The average molecular weight is 331 g/mol. The Morgan fingerprint density at radius 3 is 2.95 bits per heavy atom. The summed E-state index contributed by atoms with van der Waals surface area (Å²) in [7, 11) is 1.54. The fraction of sp³-hybridized carbons (Fsp3) is 0.583. The molecule has 0 aliphatic carbocycles. The van der Waals surface area contributed by atoms with Crippen LogP contribution in [0.3, 0.4) is 0 Å². The van der Waals surface area contributed by atoms with E-state index in [0.717, 1.165) is 6.42 Å². The molecule has 2 N–H and O–H groups in total. The Kier molecular flexibility index (Phi) is 6.55. The minimum absolute atomic E-state index is 0.0194. The van der Waals surface area contributed by atoms with Gasteiger partial charge in [0.15, 0.2) is 0 Å². The predicted octanol–water partition coefficient (Wildman–Crippen LogP) is 1.96. The minimum atomic E-state index is 0.0194. The number of carbonyl (C=O) groups is 1. The summed E-state index contributed by atoms with van der Waals surface area (Å²) in [5.41, 5.74) is 0. The van der Waals surface area contributed by atoms with Crippen LogP contribution in [0.1, 0.15) is 26.7 Å². The molecule has 1 amide bonds. The Morgan fingerprint density at radius 2 is 2.32 bits per heavy atom. The van der Waals surface area contributed by atoms with Gasteiger partial charge in [0.25, 0.3) is 0 Å². The van der Waals surface area contributed by atoms with Crippen molar-refractivity contribution in [1.82, 2.24) is 15.3 Å². The number of ether oxygens (including phenoxy) is 1. The molecule has 0 bridgehead atoms. The first kappa shape index (κ1) is 15.7. The van der Waals surface area contributed by atoms with Crippen molar-refractivity contribution in [3.05, 3.63) is 10.7 Å². The van der Waals surface area contributed by atoms with Gasteiger partial charge in [-0.2, -0.15) is 4.98 Å². The second kappa shape index (κ2) is 7.93. The number of halogens is 1. The number of methoxy groups -OCH3 is 1. The van der Waals surface area contributed by atoms with Crippen molar-refractivity contribution in [3.8, 4) is 5.88 Å². The maximum Gasteiger partial charge on any atom is 0.232 e. The molecule has 0 saturated heterocycles. The van der Waals surface area contributed by atoms with E-state index in [-0.39, 0.29) is 11.9 Å². The lowest BCUT2D eigenvalue weighted by Crippen LogP contribution is -2.33. The SMILES string of the molecule is CCC(C)NC(=O)CCNc1ncc(Br)c(OC)n1. The first-order valence-corrected chi connectivity index (χ1v) is 6.95. The van der Waals surface area contributed by atoms with E-state index >= 15 is 0 Å². The van der Waals surface area contributed by atoms with Gasteiger partial charge in [0.05, 0.1) is 17.8 Å². The van der Waals surface area contributed by atoms with Crippen molar-refractivity contribution in [1.29, 1.82) is 0 Å². The molecule has 7 heteroatoms. The molecule has 19 heavy (non-hydrogen) atoms. The van der Waals surface area contributed by atoms with Crippen LogP contribution in [0.15, 0.2) is 10.7 Å². The Morgan fingerprint density at radius 1 is 1.58 bits per heavy atom. The maximum absolute atomic E-state index is 11.6. The van der Waals surface area contributed by atoms with Crippen molar-refractivity contribution in [2.45, 2.75) is 32.7 Å². The third-order valence-corrected chi connectivity index (χ3v) is 3.10. The monoisotopic (exact) mass is 330 g/mol. The molecule has 0 saturated carbocycles. The van der Waals surface area contributed by atoms with E-state index in [1.54, 1.807) is 6.20 Å². The van der Waals surface area contributed by atoms with Crippen molar-refractivity contribution >= 4 is 27.8 Å². The van der Waals surface area contributed by atoms with Crippen LogP contribution in [-0.4, -0.2) is 35.6 Å². The van der Waals surface area contributed by atoms with Gasteiger partial charge in [-0.1, -0.05) is 6.92 Å². The molecule has 1 aromatic heterocycles. The lowest BCUT2D eigenvalue weighted by atomic mass is 10.2. The first-order valence-electron chi connectivity index (χ1n) is 6.16. The quantitative estimate of drug-likeness (QED) is 0.799. The molecule has 0 spiro atoms. The first-order chi connectivity index (χ1) is 9.06. The van der Waals surface area contributed by atoms with Gasteiger partial charge in [-0.05, 0) is 29.3 Å². The second-order valence-corrected chi connectivity index (χ2v) is 4.96. The van der Waals surface area contributed by atoms with Crippen LogP contribution in [-0.2, 0) is 4.79 Å². The molecule has 0 aliphatic rings. The van der Waals surface area contributed by atoms with Crippen molar-refractivity contribution in [2.24, 2.45) is 0 Å². The smallest absolute Gasteiger partial charge is 0.232 e. The van der Waals surface area contributed by atoms with E-state index < -0.39 is 0 Å². The van der Waals surface area contributed by atoms with Crippen LogP contribution in [0, 0.1) is 0 Å². The minimum Gasteiger partial charge on any atom is -0.480 e. The van der Waals surface area contributed by atoms with E-state index in [2.05, 4.69) is 36.5 Å². The highest BCUT2D eigenvalue weighted by molar-refractivity contribution is 9.10. The van der Waals surface area contributed by atoms with Gasteiger partial charge in [0, 0.05) is 19.0 Å². The molecule has 6 nitrogen and oxygen atoms in total. The fourth-order valence-corrected chi connectivity index (χ4v) is 1.67. The fourth-order valence-electron chi connectivity index (χ4n) is 1.32. The van der Waals surface area contributed by atoms with Gasteiger partial charge in [-0.15, -0.1) is 0 Å². The number of anilines is 1. The number of rotatable bonds is 7. The van der Waals surface area contributed by atoms with Gasteiger partial charge >= 0.3 is 0 Å². The highest BCUT2D eigenvalue weighted by atomic mass is 79.9. The Bertz CT molecular complexity index is 428. The number of amides is 1. The molecular formula is C12H19BrN4O2. The van der Waals surface area contributed by atoms with Gasteiger partial charge < -0.3 is 15.4 Å². The summed E-state index contributed by atoms with van der Waals surface area (Å²) >= 11 is 3.28. The molecule has 0 radical (unpaired) electrons. The van der Waals surface area contributed by atoms with Gasteiger partial charge in [-0.25, -0.2) is 4.98 Å². The zero-order chi connectivity index (χ0) is 14.3. The molecule has 0 aliphatic heterocycles. The molecule has 0 fully saturated rings. The maximum atomic E-state index is 11.6. The van der Waals surface area contributed by atoms with Gasteiger partial charge in [-0.3, -0.25) is 4.79 Å². The third-order valence-electron chi connectivity index (χ3n) is 2.56. The lowest BCUT2D eigenvalue weighted by molar-refractivity contribution is -0.121. The molecule has 0 aromatic carbocycles. The topological polar surface area (TPSA) is 76.1 Å². The second-order valence-electron chi connectivity index (χ2n) is 4.10. The summed E-state index contributed by atoms with van der Waals surface area (Å²) in [5, 5.41) is 5.88. The Hall–Kier alpha value is -1.37. The number of carbonyl (C=O) groups excluding carboxylic acids is 1. The summed E-state index contributed by atoms with van der Waals surface area (Å²) in [4.78, 5) is 19.8. The summed E-state index contributed by atoms with van der Waals surface area (Å²) in [6, 6.07) is 0.205. The number of aromatic nitrogens is 2. The van der Waals surface area contributed by atoms with Gasteiger partial charge in [0.1, 0.15) is 0 Å². The average Bonchev–Trinajstić information content (AvgIpc) is 2.40. The normalized spacial score (nSPS) is 11.8. The van der Waals surface area contributed by atoms with Crippen molar-refractivity contribution in [2.75, 3.05) is 19.0 Å². The Balaban J connectivity index is 2.39. The van der Waals surface area contributed by atoms with E-state index in [1.807, 2.05) is 13.8 Å². The molecule has 1 unspecified atom stereocenters. The molecule has 1 aromatic rings. The van der Waals surface area contributed by atoms with E-state index in [0.29, 0.717) is 29.3 Å². The largest absolute Gasteiger partial charge is 0.480 e. The van der Waals surface area contributed by atoms with Crippen LogP contribution in [0.4, 0.5) is 5.95 Å². The standard InChI is InChI=1S/C12H19BrN4O2/c1-4-8(2)16-10(18)5-6-14-12-15-7-9(13)11(17-12)19-3/h7-8H,4-6H2,1-3H3,(H,16,18)(H,14,15,17). The zero-order valence-electron chi connectivity index (χ0n) is 11.4. The van der Waals surface area contributed by atoms with Crippen LogP contribution in [0.5, 0.6) is 5.88 Å². The van der Waals surface area contributed by atoms with Crippen LogP contribution >= 0.6 is 15.9 Å². The molecule has 1 heterocycles. The van der Waals surface area contributed by atoms with Crippen LogP contribution < -0.4 is 15.4 Å². The summed E-state index contributed by atoms with van der Waals surface area (Å²) in [6.07, 6.45) is 2.91. The number of hydrogen-bond acceptors (Lipinski definition) is 5. The van der Waals surface area contributed by atoms with Crippen LogP contribution in [0.25, 0.3) is 0 Å². The summed E-state index contributed by atoms with van der Waals surface area (Å²) in [5.74, 6) is 0.920. The molecule has 1 rings (SSSR count). The highest BCUT2D eigenvalue weighted by Crippen LogP contribution is 2.21. The third kappa shape index (κ3) is 5.42. The van der Waals surface area contributed by atoms with E-state index in [1.165, 1.54) is 7.11 Å². The lowest BCUT2D eigenvalue weighted by Gasteiger charge is -2.11. The van der Waals surface area contributed by atoms with Gasteiger partial charge in [0.2, 0.25) is 17.7 Å². The number of nitrogens with one attached hydrogen (secondary N) is 2.